The van der Waals surface area contributed by atoms with Crippen molar-refractivity contribution in [2.75, 3.05) is 5.32 Å². The van der Waals surface area contributed by atoms with Gasteiger partial charge in [0.25, 0.3) is 0 Å². The van der Waals surface area contributed by atoms with E-state index in [9.17, 15) is 9.59 Å². The summed E-state index contributed by atoms with van der Waals surface area (Å²) < 4.78 is 0.701. The second-order valence-corrected chi connectivity index (χ2v) is 5.28. The summed E-state index contributed by atoms with van der Waals surface area (Å²) in [5.74, 6) is -1.33. The number of nitrogens with one attached hydrogen (secondary N) is 1. The number of anilines is 1. The Kier molecular flexibility index (Phi) is 5.05. The number of benzene rings is 1. The number of nitrogens with zero attached hydrogens (tertiary/aromatic N) is 1. The van der Waals surface area contributed by atoms with Crippen molar-refractivity contribution >= 4 is 33.5 Å². The highest BCUT2D eigenvalue weighted by Crippen LogP contribution is 2.21. The molecule has 108 valence electrons. The highest BCUT2D eigenvalue weighted by Gasteiger charge is 2.13. The van der Waals surface area contributed by atoms with Crippen molar-refractivity contribution in [2.24, 2.45) is 0 Å². The number of aromatic nitrogens is 1. The van der Waals surface area contributed by atoms with Gasteiger partial charge in [0.2, 0.25) is 5.91 Å². The predicted molar refractivity (Wildman–Crippen MR) is 82.3 cm³/mol. The lowest BCUT2D eigenvalue weighted by Crippen LogP contribution is -2.15. The molecule has 0 saturated carbocycles. The van der Waals surface area contributed by atoms with Crippen LogP contribution in [0, 0.1) is 0 Å². The van der Waals surface area contributed by atoms with Gasteiger partial charge >= 0.3 is 5.97 Å². The third kappa shape index (κ3) is 4.39. The first kappa shape index (κ1) is 15.2. The van der Waals surface area contributed by atoms with E-state index in [-0.39, 0.29) is 23.6 Å². The molecule has 0 aliphatic heterocycles. The number of carboxylic acids is 1. The Labute approximate surface area is 130 Å². The molecular formula is C15H13BrN2O3. The summed E-state index contributed by atoms with van der Waals surface area (Å²) >= 11 is 3.26. The Morgan fingerprint density at radius 2 is 2.05 bits per heavy atom. The van der Waals surface area contributed by atoms with Gasteiger partial charge in [-0.1, -0.05) is 22.0 Å². The van der Waals surface area contributed by atoms with Crippen LogP contribution < -0.4 is 5.32 Å². The summed E-state index contributed by atoms with van der Waals surface area (Å²) in [5.41, 5.74) is 1.16. The van der Waals surface area contributed by atoms with Crippen LogP contribution >= 0.6 is 15.9 Å². The molecule has 6 heteroatoms. The molecule has 0 aliphatic rings. The number of aromatic carboxylic acids is 1. The molecule has 0 aliphatic carbocycles. The van der Waals surface area contributed by atoms with Crippen LogP contribution in [0.15, 0.2) is 47.1 Å². The maximum Gasteiger partial charge on any atom is 0.337 e. The first-order valence-electron chi connectivity index (χ1n) is 6.29. The maximum absolute atomic E-state index is 11.9. The zero-order valence-corrected chi connectivity index (χ0v) is 12.6. The quantitative estimate of drug-likeness (QED) is 0.869. The number of carbonyl (C=O) groups excluding carboxylic acids is 1. The second-order valence-electron chi connectivity index (χ2n) is 4.36. The Morgan fingerprint density at radius 1 is 1.24 bits per heavy atom. The molecule has 5 nitrogen and oxygen atoms in total. The average molecular weight is 349 g/mol. The summed E-state index contributed by atoms with van der Waals surface area (Å²) in [4.78, 5) is 27.2. The van der Waals surface area contributed by atoms with Gasteiger partial charge in [-0.3, -0.25) is 9.78 Å². The third-order valence-electron chi connectivity index (χ3n) is 2.82. The van der Waals surface area contributed by atoms with Gasteiger partial charge in [0.15, 0.2) is 0 Å². The molecule has 0 spiro atoms. The first-order valence-corrected chi connectivity index (χ1v) is 7.08. The lowest BCUT2D eigenvalue weighted by atomic mass is 10.1. The van der Waals surface area contributed by atoms with E-state index in [4.69, 9.17) is 5.11 Å². The summed E-state index contributed by atoms with van der Waals surface area (Å²) in [6.45, 7) is 0. The number of aryl methyl sites for hydroxylation is 1. The van der Waals surface area contributed by atoms with E-state index in [1.807, 2.05) is 18.2 Å². The van der Waals surface area contributed by atoms with E-state index in [2.05, 4.69) is 26.2 Å². The van der Waals surface area contributed by atoms with Gasteiger partial charge in [-0.25, -0.2) is 4.79 Å². The zero-order chi connectivity index (χ0) is 15.2. The number of carbonyl (C=O) groups is 2. The van der Waals surface area contributed by atoms with E-state index in [0.29, 0.717) is 10.9 Å². The number of amides is 1. The van der Waals surface area contributed by atoms with Crippen molar-refractivity contribution in [3.8, 4) is 0 Å². The zero-order valence-electron chi connectivity index (χ0n) is 11.0. The SMILES string of the molecule is O=C(CCc1ccccn1)Nc1cc(Br)ccc1C(=O)O. The molecule has 0 fully saturated rings. The standard InChI is InChI=1S/C15H13BrN2O3/c16-10-4-6-12(15(20)21)13(9-10)18-14(19)7-5-11-3-1-2-8-17-11/h1-4,6,8-9H,5,7H2,(H,18,19)(H,20,21). The molecule has 2 rings (SSSR count). The fraction of sp³-hybridized carbons (Fsp3) is 0.133. The Bertz CT molecular complexity index is 659. The minimum Gasteiger partial charge on any atom is -0.478 e. The van der Waals surface area contributed by atoms with Crippen molar-refractivity contribution in [3.63, 3.8) is 0 Å². The van der Waals surface area contributed by atoms with Crippen molar-refractivity contribution < 1.29 is 14.7 Å². The molecular weight excluding hydrogens is 336 g/mol. The van der Waals surface area contributed by atoms with Crippen molar-refractivity contribution in [1.82, 2.24) is 4.98 Å². The molecule has 0 saturated heterocycles. The smallest absolute Gasteiger partial charge is 0.337 e. The topological polar surface area (TPSA) is 79.3 Å². The number of pyridine rings is 1. The van der Waals surface area contributed by atoms with Gasteiger partial charge in [-0.05, 0) is 36.8 Å². The van der Waals surface area contributed by atoms with Crippen LogP contribution in [0.1, 0.15) is 22.5 Å². The monoisotopic (exact) mass is 348 g/mol. The number of rotatable bonds is 5. The van der Waals surface area contributed by atoms with Gasteiger partial charge in [0, 0.05) is 22.8 Å². The number of hydrogen-bond acceptors (Lipinski definition) is 3. The summed E-state index contributed by atoms with van der Waals surface area (Å²) in [5, 5.41) is 11.7. The summed E-state index contributed by atoms with van der Waals surface area (Å²) in [6, 6.07) is 10.1. The Morgan fingerprint density at radius 3 is 2.71 bits per heavy atom. The fourth-order valence-electron chi connectivity index (χ4n) is 1.81. The van der Waals surface area contributed by atoms with Crippen molar-refractivity contribution in [1.29, 1.82) is 0 Å². The van der Waals surface area contributed by atoms with E-state index in [0.717, 1.165) is 5.69 Å². The minimum atomic E-state index is -1.08. The predicted octanol–water partition coefficient (Wildman–Crippen LogP) is 3.11. The van der Waals surface area contributed by atoms with Gasteiger partial charge in [0.05, 0.1) is 11.3 Å². The molecule has 0 atom stereocenters. The normalized spacial score (nSPS) is 10.1. The van der Waals surface area contributed by atoms with Gasteiger partial charge < -0.3 is 10.4 Å². The highest BCUT2D eigenvalue weighted by atomic mass is 79.9. The first-order chi connectivity index (χ1) is 10.1. The third-order valence-corrected chi connectivity index (χ3v) is 3.31. The van der Waals surface area contributed by atoms with Gasteiger partial charge in [0.1, 0.15) is 0 Å². The Hall–Kier alpha value is -2.21. The lowest BCUT2D eigenvalue weighted by molar-refractivity contribution is -0.116. The lowest BCUT2D eigenvalue weighted by Gasteiger charge is -2.09. The van der Waals surface area contributed by atoms with Crippen LogP contribution in [0.25, 0.3) is 0 Å². The van der Waals surface area contributed by atoms with Crippen LogP contribution in [0.5, 0.6) is 0 Å². The summed E-state index contributed by atoms with van der Waals surface area (Å²) in [6.07, 6.45) is 2.41. The molecule has 1 aromatic carbocycles. The van der Waals surface area contributed by atoms with Crippen LogP contribution in [-0.4, -0.2) is 22.0 Å². The Balaban J connectivity index is 2.02. The molecule has 0 radical (unpaired) electrons. The van der Waals surface area contributed by atoms with Crippen molar-refractivity contribution in [2.45, 2.75) is 12.8 Å². The van der Waals surface area contributed by atoms with E-state index < -0.39 is 5.97 Å². The molecule has 0 unspecified atom stereocenters. The fourth-order valence-corrected chi connectivity index (χ4v) is 2.17. The van der Waals surface area contributed by atoms with Gasteiger partial charge in [-0.2, -0.15) is 0 Å². The molecule has 0 bridgehead atoms. The van der Waals surface area contributed by atoms with Crippen LogP contribution in [-0.2, 0) is 11.2 Å². The largest absolute Gasteiger partial charge is 0.478 e. The highest BCUT2D eigenvalue weighted by molar-refractivity contribution is 9.10. The second kappa shape index (κ2) is 6.99. The summed E-state index contributed by atoms with van der Waals surface area (Å²) in [7, 11) is 0. The van der Waals surface area contributed by atoms with Crippen LogP contribution in [0.2, 0.25) is 0 Å². The van der Waals surface area contributed by atoms with E-state index in [1.165, 1.54) is 6.07 Å². The minimum absolute atomic E-state index is 0.0596. The van der Waals surface area contributed by atoms with Crippen LogP contribution in [0.4, 0.5) is 5.69 Å². The molecule has 1 heterocycles. The average Bonchev–Trinajstić information content (AvgIpc) is 2.46. The van der Waals surface area contributed by atoms with Gasteiger partial charge in [-0.15, -0.1) is 0 Å². The number of halogens is 1. The number of hydrogen-bond donors (Lipinski definition) is 2. The molecule has 21 heavy (non-hydrogen) atoms. The molecule has 1 amide bonds. The number of carboxylic acid groups (broad SMARTS) is 1. The van der Waals surface area contributed by atoms with E-state index in [1.54, 1.807) is 18.3 Å². The molecule has 1 aromatic heterocycles. The van der Waals surface area contributed by atoms with Crippen LogP contribution in [0.3, 0.4) is 0 Å². The molecule has 2 N–H and O–H groups in total. The van der Waals surface area contributed by atoms with Crippen molar-refractivity contribution in [3.05, 3.63) is 58.3 Å². The van der Waals surface area contributed by atoms with E-state index >= 15 is 0 Å². The molecule has 2 aromatic rings. The maximum atomic E-state index is 11.9.